The maximum Gasteiger partial charge on any atom is 0.135 e. The molecule has 0 N–H and O–H groups in total. The van der Waals surface area contributed by atoms with Crippen molar-refractivity contribution in [1.29, 1.82) is 0 Å². The molecule has 0 radical (unpaired) electrons. The molecular formula is C52H32O. The van der Waals surface area contributed by atoms with Gasteiger partial charge in [0.05, 0.1) is 0 Å². The molecule has 1 heteroatoms. The fourth-order valence-corrected chi connectivity index (χ4v) is 8.60. The molecule has 1 nitrogen and oxygen atoms in total. The maximum absolute atomic E-state index is 6.10. The molecule has 0 saturated carbocycles. The van der Waals surface area contributed by atoms with Crippen molar-refractivity contribution in [2.45, 2.75) is 0 Å². The first-order valence-electron chi connectivity index (χ1n) is 18.3. The van der Waals surface area contributed by atoms with Gasteiger partial charge in [0.25, 0.3) is 0 Å². The van der Waals surface area contributed by atoms with Gasteiger partial charge in [-0.3, -0.25) is 0 Å². The van der Waals surface area contributed by atoms with Crippen molar-refractivity contribution < 1.29 is 4.42 Å². The van der Waals surface area contributed by atoms with Crippen LogP contribution in [0, 0.1) is 0 Å². The predicted octanol–water partition coefficient (Wildman–Crippen LogP) is 14.9. The number of para-hydroxylation sites is 1. The molecule has 0 aliphatic heterocycles. The molecule has 10 aromatic carbocycles. The summed E-state index contributed by atoms with van der Waals surface area (Å²) in [6, 6.07) is 70.6. The van der Waals surface area contributed by atoms with E-state index in [2.05, 4.69) is 182 Å². The zero-order valence-electron chi connectivity index (χ0n) is 28.9. The zero-order chi connectivity index (χ0) is 34.9. The second kappa shape index (κ2) is 11.8. The van der Waals surface area contributed by atoms with E-state index in [0.29, 0.717) is 0 Å². The van der Waals surface area contributed by atoms with E-state index < -0.39 is 0 Å². The minimum Gasteiger partial charge on any atom is -0.456 e. The van der Waals surface area contributed by atoms with Gasteiger partial charge in [0.1, 0.15) is 11.2 Å². The summed E-state index contributed by atoms with van der Waals surface area (Å²) in [6.07, 6.45) is 0. The molecule has 0 aliphatic carbocycles. The molecule has 53 heavy (non-hydrogen) atoms. The van der Waals surface area contributed by atoms with Crippen LogP contribution >= 0.6 is 0 Å². The van der Waals surface area contributed by atoms with Crippen molar-refractivity contribution >= 4 is 65.0 Å². The van der Waals surface area contributed by atoms with Crippen LogP contribution in [-0.4, -0.2) is 0 Å². The van der Waals surface area contributed by atoms with Crippen molar-refractivity contribution in [3.63, 3.8) is 0 Å². The van der Waals surface area contributed by atoms with Gasteiger partial charge in [0.2, 0.25) is 0 Å². The minimum absolute atomic E-state index is 0.918. The van der Waals surface area contributed by atoms with Crippen LogP contribution in [0.1, 0.15) is 0 Å². The molecule has 1 heterocycles. The third-order valence-corrected chi connectivity index (χ3v) is 11.1. The van der Waals surface area contributed by atoms with Crippen molar-refractivity contribution in [3.8, 4) is 44.5 Å². The summed E-state index contributed by atoms with van der Waals surface area (Å²) >= 11 is 0. The number of fused-ring (bicyclic) bond motifs is 8. The molecule has 0 saturated heterocycles. The Bertz CT molecular complexity index is 3140. The van der Waals surface area contributed by atoms with Crippen LogP contribution in [0.25, 0.3) is 110 Å². The van der Waals surface area contributed by atoms with Gasteiger partial charge in [0.15, 0.2) is 0 Å². The molecule has 0 amide bonds. The summed E-state index contributed by atoms with van der Waals surface area (Å²) in [5.41, 5.74) is 11.7. The summed E-state index contributed by atoms with van der Waals surface area (Å²) in [4.78, 5) is 0. The van der Waals surface area contributed by atoms with Crippen LogP contribution in [0.4, 0.5) is 0 Å². The fraction of sp³-hybridized carbons (Fsp3) is 0. The van der Waals surface area contributed by atoms with Gasteiger partial charge in [0, 0.05) is 10.8 Å². The third-order valence-electron chi connectivity index (χ3n) is 11.1. The van der Waals surface area contributed by atoms with E-state index in [1.54, 1.807) is 0 Å². The van der Waals surface area contributed by atoms with E-state index in [1.165, 1.54) is 87.6 Å². The van der Waals surface area contributed by atoms with E-state index >= 15 is 0 Å². The Labute approximate surface area is 307 Å². The van der Waals surface area contributed by atoms with Gasteiger partial charge >= 0.3 is 0 Å². The van der Waals surface area contributed by atoms with E-state index in [-0.39, 0.29) is 0 Å². The summed E-state index contributed by atoms with van der Waals surface area (Å²) in [6.45, 7) is 0. The number of furan rings is 1. The van der Waals surface area contributed by atoms with Crippen LogP contribution in [0.15, 0.2) is 199 Å². The highest BCUT2D eigenvalue weighted by atomic mass is 16.3. The Balaban J connectivity index is 1.03. The smallest absolute Gasteiger partial charge is 0.135 e. The number of hydrogen-bond donors (Lipinski definition) is 0. The Morgan fingerprint density at radius 1 is 0.264 bits per heavy atom. The first-order valence-corrected chi connectivity index (χ1v) is 18.3. The highest BCUT2D eigenvalue weighted by Gasteiger charge is 2.17. The van der Waals surface area contributed by atoms with Crippen LogP contribution in [0.5, 0.6) is 0 Å². The van der Waals surface area contributed by atoms with Crippen molar-refractivity contribution in [1.82, 2.24) is 0 Å². The monoisotopic (exact) mass is 672 g/mol. The van der Waals surface area contributed by atoms with Gasteiger partial charge in [-0.2, -0.15) is 0 Å². The lowest BCUT2D eigenvalue weighted by molar-refractivity contribution is 0.669. The van der Waals surface area contributed by atoms with Crippen LogP contribution in [-0.2, 0) is 0 Å². The van der Waals surface area contributed by atoms with Gasteiger partial charge in [-0.15, -0.1) is 0 Å². The van der Waals surface area contributed by atoms with Gasteiger partial charge < -0.3 is 4.42 Å². The summed E-state index contributed by atoms with van der Waals surface area (Å²) in [7, 11) is 0. The predicted molar refractivity (Wildman–Crippen MR) is 225 cm³/mol. The van der Waals surface area contributed by atoms with Crippen LogP contribution in [0.2, 0.25) is 0 Å². The Morgan fingerprint density at radius 3 is 1.40 bits per heavy atom. The highest BCUT2D eigenvalue weighted by Crippen LogP contribution is 2.45. The average Bonchev–Trinajstić information content (AvgIpc) is 3.61. The van der Waals surface area contributed by atoms with Gasteiger partial charge in [-0.1, -0.05) is 176 Å². The first-order chi connectivity index (χ1) is 26.3. The fourth-order valence-electron chi connectivity index (χ4n) is 8.60. The second-order valence-electron chi connectivity index (χ2n) is 14.0. The minimum atomic E-state index is 0.918. The standard InChI is InChI=1S/C52H32O/c1-2-12-40-34(10-1)22-27-36-11-9-18-41(50(36)40)35-23-28-38(29-24-35)52-45-16-5-3-14-43(45)51(44-15-4-6-17-46(44)52)37-25-20-33(21-26-37)39-30-31-49-47(32-39)42-13-7-8-19-48(42)53-49/h1-32H. The van der Waals surface area contributed by atoms with Crippen molar-refractivity contribution in [2.24, 2.45) is 0 Å². The van der Waals surface area contributed by atoms with Gasteiger partial charge in [-0.25, -0.2) is 0 Å². The molecule has 0 atom stereocenters. The molecular weight excluding hydrogens is 641 g/mol. The maximum atomic E-state index is 6.10. The third kappa shape index (κ3) is 4.71. The van der Waals surface area contributed by atoms with E-state index in [4.69, 9.17) is 4.42 Å². The molecule has 246 valence electrons. The van der Waals surface area contributed by atoms with Crippen molar-refractivity contribution in [3.05, 3.63) is 194 Å². The molecule has 0 bridgehead atoms. The topological polar surface area (TPSA) is 13.1 Å². The van der Waals surface area contributed by atoms with Crippen molar-refractivity contribution in [2.75, 3.05) is 0 Å². The van der Waals surface area contributed by atoms with E-state index in [1.807, 2.05) is 12.1 Å². The molecule has 0 fully saturated rings. The van der Waals surface area contributed by atoms with E-state index in [9.17, 15) is 0 Å². The van der Waals surface area contributed by atoms with Gasteiger partial charge in [-0.05, 0) is 106 Å². The van der Waals surface area contributed by atoms with Crippen LogP contribution in [0.3, 0.4) is 0 Å². The molecule has 0 unspecified atom stereocenters. The lowest BCUT2D eigenvalue weighted by atomic mass is 9.85. The summed E-state index contributed by atoms with van der Waals surface area (Å²) in [5.74, 6) is 0. The number of benzene rings is 10. The lowest BCUT2D eigenvalue weighted by Gasteiger charge is -2.18. The van der Waals surface area contributed by atoms with Crippen LogP contribution < -0.4 is 0 Å². The quantitative estimate of drug-likeness (QED) is 0.134. The second-order valence-corrected chi connectivity index (χ2v) is 14.0. The SMILES string of the molecule is c1ccc2c(c1)ccc1cccc(-c3ccc(-c4c5ccccc5c(-c5ccc(-c6ccc7oc8ccccc8c7c6)cc5)c5ccccc45)cc3)c12. The summed E-state index contributed by atoms with van der Waals surface area (Å²) < 4.78 is 6.10. The molecule has 11 rings (SSSR count). The summed E-state index contributed by atoms with van der Waals surface area (Å²) in [5, 5.41) is 12.4. The first kappa shape index (κ1) is 29.7. The number of rotatable bonds is 4. The molecule has 11 aromatic rings. The normalized spacial score (nSPS) is 11.8. The molecule has 0 spiro atoms. The molecule has 0 aliphatic rings. The number of hydrogen-bond acceptors (Lipinski definition) is 1. The largest absolute Gasteiger partial charge is 0.456 e. The zero-order valence-corrected chi connectivity index (χ0v) is 28.9. The molecule has 1 aromatic heterocycles. The Morgan fingerprint density at radius 2 is 0.736 bits per heavy atom. The van der Waals surface area contributed by atoms with E-state index in [0.717, 1.165) is 21.9 Å². The Kier molecular flexibility index (Phi) is 6.62. The highest BCUT2D eigenvalue weighted by molar-refractivity contribution is 6.21. The Hall–Kier alpha value is -6.96. The average molecular weight is 673 g/mol. The lowest BCUT2D eigenvalue weighted by Crippen LogP contribution is -1.91.